The number of hydrogen-bond acceptors (Lipinski definition) is 2. The number of hydrogen-bond donors (Lipinski definition) is 0. The Morgan fingerprint density at radius 2 is 1.94 bits per heavy atom. The minimum atomic E-state index is 0.819. The summed E-state index contributed by atoms with van der Waals surface area (Å²) in [6.45, 7) is 8.68. The van der Waals surface area contributed by atoms with E-state index in [-0.39, 0.29) is 0 Å². The number of nitrogens with zero attached hydrogens (tertiary/aromatic N) is 1. The van der Waals surface area contributed by atoms with Gasteiger partial charge in [0.15, 0.2) is 0 Å². The molecule has 0 saturated carbocycles. The highest BCUT2D eigenvalue weighted by atomic mass is 35.5. The maximum Gasteiger partial charge on any atom is 0.0584 e. The van der Waals surface area contributed by atoms with E-state index in [2.05, 4.69) is 37.8 Å². The summed E-state index contributed by atoms with van der Waals surface area (Å²) in [7, 11) is 0. The summed E-state index contributed by atoms with van der Waals surface area (Å²) in [5, 5.41) is 2.15. The van der Waals surface area contributed by atoms with Crippen LogP contribution >= 0.6 is 22.9 Å². The Bertz CT molecular complexity index is 500. The topological polar surface area (TPSA) is 3.24 Å². The van der Waals surface area contributed by atoms with Gasteiger partial charge in [0.25, 0.3) is 0 Å². The van der Waals surface area contributed by atoms with Crippen LogP contribution < -0.4 is 4.90 Å². The van der Waals surface area contributed by atoms with Crippen LogP contribution in [0.3, 0.4) is 0 Å². The van der Waals surface area contributed by atoms with Crippen molar-refractivity contribution in [3.63, 3.8) is 0 Å². The fourth-order valence-corrected chi connectivity index (χ4v) is 3.47. The zero-order valence-corrected chi connectivity index (χ0v) is 11.5. The summed E-state index contributed by atoms with van der Waals surface area (Å²) in [5.74, 6) is 0. The summed E-state index contributed by atoms with van der Waals surface area (Å²) in [6.07, 6.45) is 0. The second kappa shape index (κ2) is 4.64. The summed E-state index contributed by atoms with van der Waals surface area (Å²) >= 11 is 7.85. The number of fused-ring (bicyclic) bond motifs is 1. The molecular weight excluding hydrogens is 238 g/mol. The molecule has 16 heavy (non-hydrogen) atoms. The average Bonchev–Trinajstić information content (AvgIpc) is 2.57. The van der Waals surface area contributed by atoms with Crippen molar-refractivity contribution < 1.29 is 0 Å². The number of benzene rings is 1. The van der Waals surface area contributed by atoms with Crippen LogP contribution in [0.25, 0.3) is 10.1 Å². The normalized spacial score (nSPS) is 11.0. The van der Waals surface area contributed by atoms with Crippen LogP contribution in [0.4, 0.5) is 5.69 Å². The van der Waals surface area contributed by atoms with Crippen molar-refractivity contribution in [2.45, 2.75) is 20.8 Å². The maximum absolute atomic E-state index is 6.02. The van der Waals surface area contributed by atoms with Crippen LogP contribution in [-0.4, -0.2) is 13.1 Å². The lowest BCUT2D eigenvalue weighted by Crippen LogP contribution is -2.22. The van der Waals surface area contributed by atoms with Crippen molar-refractivity contribution in [3.8, 4) is 0 Å². The van der Waals surface area contributed by atoms with Crippen LogP contribution in [0, 0.1) is 6.92 Å². The van der Waals surface area contributed by atoms with Crippen LogP contribution in [0.2, 0.25) is 5.02 Å². The predicted octanol–water partition coefficient (Wildman–Crippen LogP) is 4.71. The number of halogens is 1. The fraction of sp³-hybridized carbons (Fsp3) is 0.385. The Balaban J connectivity index is 2.64. The van der Waals surface area contributed by atoms with Gasteiger partial charge in [-0.1, -0.05) is 11.6 Å². The van der Waals surface area contributed by atoms with Gasteiger partial charge in [-0.25, -0.2) is 0 Å². The Morgan fingerprint density at radius 1 is 1.25 bits per heavy atom. The first-order valence-electron chi connectivity index (χ1n) is 5.61. The molecule has 0 amide bonds. The largest absolute Gasteiger partial charge is 0.371 e. The fourth-order valence-electron chi connectivity index (χ4n) is 2.11. The van der Waals surface area contributed by atoms with Gasteiger partial charge >= 0.3 is 0 Å². The number of anilines is 1. The van der Waals surface area contributed by atoms with Crippen LogP contribution in [-0.2, 0) is 0 Å². The Kier molecular flexibility index (Phi) is 3.41. The molecule has 86 valence electrons. The van der Waals surface area contributed by atoms with Gasteiger partial charge < -0.3 is 4.90 Å². The molecule has 0 N–H and O–H groups in total. The van der Waals surface area contributed by atoms with E-state index in [1.54, 1.807) is 0 Å². The number of rotatable bonds is 3. The van der Waals surface area contributed by atoms with E-state index in [0.29, 0.717) is 0 Å². The molecule has 1 aromatic heterocycles. The zero-order chi connectivity index (χ0) is 11.7. The standard InChI is InChI=1S/C13H16ClNS/c1-4-15(5-2)13-9(3)16-12-8-10(14)6-7-11(12)13/h6-8H,4-5H2,1-3H3. The second-order valence-corrected chi connectivity index (χ2v) is 5.51. The van der Waals surface area contributed by atoms with E-state index in [0.717, 1.165) is 18.1 Å². The van der Waals surface area contributed by atoms with Gasteiger partial charge in [0.2, 0.25) is 0 Å². The Morgan fingerprint density at radius 3 is 2.56 bits per heavy atom. The van der Waals surface area contributed by atoms with Crippen LogP contribution in [0.5, 0.6) is 0 Å². The van der Waals surface area contributed by atoms with Gasteiger partial charge in [-0.2, -0.15) is 0 Å². The van der Waals surface area contributed by atoms with Crippen molar-refractivity contribution >= 4 is 38.7 Å². The first-order chi connectivity index (χ1) is 7.67. The molecule has 0 fully saturated rings. The van der Waals surface area contributed by atoms with E-state index >= 15 is 0 Å². The van der Waals surface area contributed by atoms with Crippen molar-refractivity contribution in [2.24, 2.45) is 0 Å². The lowest BCUT2D eigenvalue weighted by Gasteiger charge is -2.21. The molecular formula is C13H16ClNS. The van der Waals surface area contributed by atoms with Gasteiger partial charge in [-0.3, -0.25) is 0 Å². The molecule has 2 aromatic rings. The first-order valence-corrected chi connectivity index (χ1v) is 6.80. The lowest BCUT2D eigenvalue weighted by atomic mass is 10.2. The van der Waals surface area contributed by atoms with Crippen molar-refractivity contribution in [1.82, 2.24) is 0 Å². The SMILES string of the molecule is CCN(CC)c1c(C)sc2cc(Cl)ccc12. The predicted molar refractivity (Wildman–Crippen MR) is 75.1 cm³/mol. The Labute approximate surface area is 106 Å². The highest BCUT2D eigenvalue weighted by Gasteiger charge is 2.13. The molecule has 0 atom stereocenters. The second-order valence-electron chi connectivity index (χ2n) is 3.82. The van der Waals surface area contributed by atoms with E-state index in [1.807, 2.05) is 17.4 Å². The van der Waals surface area contributed by atoms with E-state index in [4.69, 9.17) is 11.6 Å². The minimum Gasteiger partial charge on any atom is -0.371 e. The molecule has 0 aliphatic rings. The average molecular weight is 254 g/mol. The van der Waals surface area contributed by atoms with E-state index in [1.165, 1.54) is 20.7 Å². The highest BCUT2D eigenvalue weighted by Crippen LogP contribution is 2.38. The molecule has 1 aromatic carbocycles. The zero-order valence-electron chi connectivity index (χ0n) is 9.88. The van der Waals surface area contributed by atoms with Gasteiger partial charge in [0, 0.05) is 33.1 Å². The van der Waals surface area contributed by atoms with Crippen molar-refractivity contribution in [3.05, 3.63) is 28.1 Å². The van der Waals surface area contributed by atoms with Gasteiger partial charge in [0.1, 0.15) is 0 Å². The number of aryl methyl sites for hydroxylation is 1. The van der Waals surface area contributed by atoms with Gasteiger partial charge in [0.05, 0.1) is 5.69 Å². The highest BCUT2D eigenvalue weighted by molar-refractivity contribution is 7.19. The molecule has 0 bridgehead atoms. The van der Waals surface area contributed by atoms with Gasteiger partial charge in [-0.05, 0) is 39.0 Å². The molecule has 0 unspecified atom stereocenters. The van der Waals surface area contributed by atoms with Crippen LogP contribution in [0.15, 0.2) is 18.2 Å². The molecule has 1 heterocycles. The summed E-state index contributed by atoms with van der Waals surface area (Å²) in [4.78, 5) is 3.78. The smallest absolute Gasteiger partial charge is 0.0584 e. The molecule has 0 saturated heterocycles. The molecule has 0 aliphatic carbocycles. The Hall–Kier alpha value is -0.730. The van der Waals surface area contributed by atoms with Crippen molar-refractivity contribution in [2.75, 3.05) is 18.0 Å². The summed E-state index contributed by atoms with van der Waals surface area (Å²) in [6, 6.07) is 6.17. The van der Waals surface area contributed by atoms with Crippen LogP contribution in [0.1, 0.15) is 18.7 Å². The molecule has 0 radical (unpaired) electrons. The molecule has 0 spiro atoms. The molecule has 3 heteroatoms. The maximum atomic E-state index is 6.02. The third kappa shape index (κ3) is 1.92. The third-order valence-electron chi connectivity index (χ3n) is 2.87. The number of thiophene rings is 1. The summed E-state index contributed by atoms with van der Waals surface area (Å²) in [5.41, 5.74) is 1.38. The molecule has 1 nitrogen and oxygen atoms in total. The van der Waals surface area contributed by atoms with E-state index < -0.39 is 0 Å². The minimum absolute atomic E-state index is 0.819. The van der Waals surface area contributed by atoms with Gasteiger partial charge in [-0.15, -0.1) is 11.3 Å². The van der Waals surface area contributed by atoms with Crippen molar-refractivity contribution in [1.29, 1.82) is 0 Å². The molecule has 2 rings (SSSR count). The van der Waals surface area contributed by atoms with E-state index in [9.17, 15) is 0 Å². The third-order valence-corrected chi connectivity index (χ3v) is 4.17. The summed E-state index contributed by atoms with van der Waals surface area (Å²) < 4.78 is 1.28. The first kappa shape index (κ1) is 11.7. The quantitative estimate of drug-likeness (QED) is 0.766. The monoisotopic (exact) mass is 253 g/mol. The molecule has 0 aliphatic heterocycles. The lowest BCUT2D eigenvalue weighted by molar-refractivity contribution is 0.869.